The molecule has 1 N–H and O–H groups in total. The molecule has 0 saturated heterocycles. The summed E-state index contributed by atoms with van der Waals surface area (Å²) in [6.45, 7) is 0. The number of nitrogens with zero attached hydrogens (tertiary/aromatic N) is 6. The van der Waals surface area contributed by atoms with Gasteiger partial charge in [-0.3, -0.25) is 0 Å². The molecule has 1 saturated carbocycles. The minimum Gasteiger partial charge on any atom is -0.346 e. The quantitative estimate of drug-likeness (QED) is 0.562. The second kappa shape index (κ2) is 7.03. The van der Waals surface area contributed by atoms with Crippen LogP contribution in [0.25, 0.3) is 33.5 Å². The Hall–Kier alpha value is -3.71. The number of aromatic nitrogens is 5. The first-order chi connectivity index (χ1) is 14.3. The topological polar surface area (TPSA) is 107 Å². The molecule has 1 aliphatic carbocycles. The van der Waals surface area contributed by atoms with E-state index < -0.39 is 0 Å². The van der Waals surface area contributed by atoms with E-state index in [0.717, 1.165) is 59.1 Å². The van der Waals surface area contributed by atoms with Crippen molar-refractivity contribution in [3.63, 3.8) is 0 Å². The maximum Gasteiger partial charge on any atom is 0.143 e. The predicted molar refractivity (Wildman–Crippen MR) is 109 cm³/mol. The summed E-state index contributed by atoms with van der Waals surface area (Å²) < 4.78 is 2.33. The molecule has 0 aliphatic heterocycles. The average molecular weight is 381 g/mol. The molecule has 0 radical (unpaired) electrons. The van der Waals surface area contributed by atoms with Crippen LogP contribution in [0.2, 0.25) is 0 Å². The molecule has 4 aromatic heterocycles. The van der Waals surface area contributed by atoms with Gasteiger partial charge in [0.2, 0.25) is 0 Å². The third-order valence-corrected chi connectivity index (χ3v) is 5.93. The van der Waals surface area contributed by atoms with Crippen LogP contribution < -0.4 is 0 Å². The largest absolute Gasteiger partial charge is 0.346 e. The Morgan fingerprint density at radius 3 is 2.66 bits per heavy atom. The van der Waals surface area contributed by atoms with E-state index in [1.807, 2.05) is 24.5 Å². The number of rotatable bonds is 3. The normalized spacial score (nSPS) is 19.2. The fourth-order valence-electron chi connectivity index (χ4n) is 4.48. The zero-order chi connectivity index (χ0) is 19.8. The third-order valence-electron chi connectivity index (χ3n) is 5.93. The lowest BCUT2D eigenvalue weighted by molar-refractivity contribution is 0.283. The number of hydrogen-bond acceptors (Lipinski definition) is 5. The zero-order valence-electron chi connectivity index (χ0n) is 15.8. The van der Waals surface area contributed by atoms with Crippen molar-refractivity contribution in [3.8, 4) is 23.5 Å². The van der Waals surface area contributed by atoms with Gasteiger partial charge in [-0.1, -0.05) is 0 Å². The molecular weight excluding hydrogens is 362 g/mol. The monoisotopic (exact) mass is 381 g/mol. The minimum atomic E-state index is 0.307. The highest BCUT2D eigenvalue weighted by Crippen LogP contribution is 2.40. The molecular formula is C22H19N7. The van der Waals surface area contributed by atoms with Gasteiger partial charge >= 0.3 is 0 Å². The summed E-state index contributed by atoms with van der Waals surface area (Å²) in [5.41, 5.74) is 4.07. The van der Waals surface area contributed by atoms with Crippen molar-refractivity contribution in [1.29, 1.82) is 10.5 Å². The summed E-state index contributed by atoms with van der Waals surface area (Å²) in [6, 6.07) is 10.4. The van der Waals surface area contributed by atoms with Crippen LogP contribution in [-0.2, 0) is 0 Å². The summed E-state index contributed by atoms with van der Waals surface area (Å²) >= 11 is 0. The van der Waals surface area contributed by atoms with Gasteiger partial charge in [0, 0.05) is 35.8 Å². The van der Waals surface area contributed by atoms with Gasteiger partial charge in [-0.15, -0.1) is 0 Å². The van der Waals surface area contributed by atoms with Crippen molar-refractivity contribution in [2.24, 2.45) is 5.92 Å². The molecule has 0 unspecified atom stereocenters. The van der Waals surface area contributed by atoms with Crippen LogP contribution in [0.4, 0.5) is 0 Å². The number of nitriles is 2. The van der Waals surface area contributed by atoms with Crippen molar-refractivity contribution < 1.29 is 0 Å². The Labute approximate surface area is 167 Å². The second-order valence-corrected chi connectivity index (χ2v) is 7.62. The van der Waals surface area contributed by atoms with Crippen molar-refractivity contribution in [2.45, 2.75) is 38.1 Å². The van der Waals surface area contributed by atoms with E-state index >= 15 is 0 Å². The van der Waals surface area contributed by atoms with Gasteiger partial charge in [0.25, 0.3) is 0 Å². The lowest BCUT2D eigenvalue weighted by Crippen LogP contribution is -2.19. The summed E-state index contributed by atoms with van der Waals surface area (Å²) in [7, 11) is 0. The number of pyridine rings is 2. The van der Waals surface area contributed by atoms with Crippen molar-refractivity contribution >= 4 is 22.1 Å². The Morgan fingerprint density at radius 2 is 1.93 bits per heavy atom. The van der Waals surface area contributed by atoms with E-state index in [9.17, 15) is 0 Å². The highest BCUT2D eigenvalue weighted by Gasteiger charge is 2.27. The molecule has 142 valence electrons. The summed E-state index contributed by atoms with van der Waals surface area (Å²) in [5.74, 6) is 1.34. The average Bonchev–Trinajstić information content (AvgIpc) is 3.39. The first-order valence-electron chi connectivity index (χ1n) is 9.86. The maximum absolute atomic E-state index is 9.07. The van der Waals surface area contributed by atoms with Crippen LogP contribution in [0.5, 0.6) is 0 Å². The van der Waals surface area contributed by atoms with Crippen LogP contribution in [-0.4, -0.2) is 24.5 Å². The number of H-pyrrole nitrogens is 1. The summed E-state index contributed by atoms with van der Waals surface area (Å²) in [6.07, 6.45) is 10.2. The van der Waals surface area contributed by atoms with E-state index in [-0.39, 0.29) is 0 Å². The van der Waals surface area contributed by atoms with Crippen LogP contribution in [0.15, 0.2) is 36.8 Å². The molecule has 1 aliphatic rings. The molecule has 0 atom stereocenters. The van der Waals surface area contributed by atoms with Crippen molar-refractivity contribution in [2.75, 3.05) is 0 Å². The van der Waals surface area contributed by atoms with Gasteiger partial charge in [-0.2, -0.15) is 10.5 Å². The highest BCUT2D eigenvalue weighted by molar-refractivity contribution is 6.02. The van der Waals surface area contributed by atoms with Crippen LogP contribution in [0, 0.1) is 28.6 Å². The smallest absolute Gasteiger partial charge is 0.143 e. The highest BCUT2D eigenvalue weighted by atomic mass is 15.1. The van der Waals surface area contributed by atoms with Gasteiger partial charge in [0.15, 0.2) is 0 Å². The van der Waals surface area contributed by atoms with Gasteiger partial charge in [-0.25, -0.2) is 15.0 Å². The fourth-order valence-corrected chi connectivity index (χ4v) is 4.48. The van der Waals surface area contributed by atoms with Crippen molar-refractivity contribution in [3.05, 3.63) is 42.5 Å². The van der Waals surface area contributed by atoms with Gasteiger partial charge in [-0.05, 0) is 49.8 Å². The SMILES string of the molecule is N#CCC1CCC(n2c(-c3ccc(C#N)nc3)nc3cnc4[nH]ccc4c32)CC1. The van der Waals surface area contributed by atoms with Crippen molar-refractivity contribution in [1.82, 2.24) is 24.5 Å². The summed E-state index contributed by atoms with van der Waals surface area (Å²) in [5, 5.41) is 19.2. The molecule has 5 rings (SSSR count). The minimum absolute atomic E-state index is 0.307. The van der Waals surface area contributed by atoms with E-state index in [1.54, 1.807) is 12.3 Å². The Bertz CT molecular complexity index is 1260. The van der Waals surface area contributed by atoms with Crippen LogP contribution in [0.1, 0.15) is 43.8 Å². The Kier molecular flexibility index (Phi) is 4.22. The van der Waals surface area contributed by atoms with E-state index in [1.165, 1.54) is 0 Å². The predicted octanol–water partition coefficient (Wildman–Crippen LogP) is 4.49. The molecule has 4 heterocycles. The molecule has 29 heavy (non-hydrogen) atoms. The molecule has 0 bridgehead atoms. The van der Waals surface area contributed by atoms with E-state index in [2.05, 4.69) is 31.7 Å². The van der Waals surface area contributed by atoms with Crippen LogP contribution >= 0.6 is 0 Å². The maximum atomic E-state index is 9.07. The van der Waals surface area contributed by atoms with E-state index in [0.29, 0.717) is 24.1 Å². The molecule has 0 amide bonds. The molecule has 0 aromatic carbocycles. The van der Waals surface area contributed by atoms with Crippen LogP contribution in [0.3, 0.4) is 0 Å². The van der Waals surface area contributed by atoms with E-state index in [4.69, 9.17) is 15.5 Å². The van der Waals surface area contributed by atoms with Gasteiger partial charge in [0.1, 0.15) is 28.8 Å². The number of hydrogen-bond donors (Lipinski definition) is 1. The second-order valence-electron chi connectivity index (χ2n) is 7.62. The fraction of sp³-hybridized carbons (Fsp3) is 0.318. The Balaban J connectivity index is 1.67. The molecule has 0 spiro atoms. The standard InChI is InChI=1S/C22H19N7/c23-9-7-14-1-5-17(6-2-14)29-20-18-8-10-25-21(18)27-13-19(20)28-22(29)15-3-4-16(11-24)26-12-15/h3-4,8,10,12-14,17H,1-2,5-7H2,(H,25,27). The number of nitrogens with one attached hydrogen (secondary N) is 1. The first-order valence-corrected chi connectivity index (χ1v) is 9.86. The zero-order valence-corrected chi connectivity index (χ0v) is 15.8. The molecule has 4 aromatic rings. The third kappa shape index (κ3) is 2.92. The Morgan fingerprint density at radius 1 is 1.07 bits per heavy atom. The van der Waals surface area contributed by atoms with Gasteiger partial charge in [0.05, 0.1) is 17.8 Å². The first kappa shape index (κ1) is 17.4. The molecule has 1 fully saturated rings. The molecule has 7 nitrogen and oxygen atoms in total. The molecule has 7 heteroatoms. The lowest BCUT2D eigenvalue weighted by Gasteiger charge is -2.30. The number of fused-ring (bicyclic) bond motifs is 3. The lowest BCUT2D eigenvalue weighted by atomic mass is 9.84. The van der Waals surface area contributed by atoms with Gasteiger partial charge < -0.3 is 9.55 Å². The summed E-state index contributed by atoms with van der Waals surface area (Å²) in [4.78, 5) is 16.8. The number of imidazole rings is 1. The number of aromatic amines is 1.